The first-order chi connectivity index (χ1) is 19.4. The summed E-state index contributed by atoms with van der Waals surface area (Å²) in [5.74, 6) is 0. The van der Waals surface area contributed by atoms with Crippen LogP contribution >= 0.6 is 0 Å². The van der Waals surface area contributed by atoms with Crippen molar-refractivity contribution in [3.05, 3.63) is 140 Å². The van der Waals surface area contributed by atoms with E-state index in [0.717, 1.165) is 0 Å². The average molecular weight is 494 g/mol. The van der Waals surface area contributed by atoms with Crippen molar-refractivity contribution in [2.24, 2.45) is 0 Å². The Hall–Kier alpha value is -5.14. The largest absolute Gasteiger partial charge is 0.309 e. The van der Waals surface area contributed by atoms with Gasteiger partial charge in [-0.3, -0.25) is 0 Å². The molecule has 1 aromatic heterocycles. The molecule has 39 heavy (non-hydrogen) atoms. The first kappa shape index (κ1) is 20.9. The van der Waals surface area contributed by atoms with Crippen LogP contribution < -0.4 is 0 Å². The van der Waals surface area contributed by atoms with E-state index in [1.54, 1.807) is 0 Å². The van der Waals surface area contributed by atoms with E-state index in [9.17, 15) is 0 Å². The van der Waals surface area contributed by atoms with Crippen LogP contribution in [0.2, 0.25) is 0 Å². The Labute approximate surface area is 226 Å². The van der Waals surface area contributed by atoms with Gasteiger partial charge in [-0.2, -0.15) is 0 Å². The average Bonchev–Trinajstić information content (AvgIpc) is 3.51. The van der Waals surface area contributed by atoms with Crippen LogP contribution in [-0.2, 0) is 0 Å². The molecule has 180 valence electrons. The van der Waals surface area contributed by atoms with Gasteiger partial charge in [0.25, 0.3) is 0 Å². The molecule has 1 heteroatoms. The normalized spacial score (nSPS) is 12.1. The number of para-hydroxylation sites is 2. The predicted octanol–water partition coefficient (Wildman–Crippen LogP) is 10.4. The highest BCUT2D eigenvalue weighted by atomic mass is 15.0. The molecule has 0 N–H and O–H groups in total. The van der Waals surface area contributed by atoms with E-state index in [1.165, 1.54) is 82.4 Å². The number of fused-ring (bicyclic) bond motifs is 8. The zero-order valence-corrected chi connectivity index (χ0v) is 21.2. The Morgan fingerprint density at radius 2 is 1.05 bits per heavy atom. The van der Waals surface area contributed by atoms with Crippen LogP contribution in [0.1, 0.15) is 0 Å². The van der Waals surface area contributed by atoms with Crippen molar-refractivity contribution in [3.8, 4) is 39.1 Å². The topological polar surface area (TPSA) is 4.93 Å². The fourth-order valence-corrected chi connectivity index (χ4v) is 6.88. The Morgan fingerprint density at radius 1 is 0.385 bits per heavy atom. The van der Waals surface area contributed by atoms with Gasteiger partial charge in [0.1, 0.15) is 0 Å². The van der Waals surface area contributed by atoms with Gasteiger partial charge in [-0.15, -0.1) is 0 Å². The third-order valence-electron chi connectivity index (χ3n) is 8.48. The molecule has 0 amide bonds. The van der Waals surface area contributed by atoms with Gasteiger partial charge in [-0.1, -0.05) is 103 Å². The standard InChI is InChI=1S/C38H23N/c1-2-12-26(13-3-1)39-36-20-9-8-17-30(36)35-23-33(29-16-6-7-18-32(29)38(35)39)25-21-24-11-10-19-31-27-14-4-5-15-28(27)34(22-25)37(24)31/h1-23H. The smallest absolute Gasteiger partial charge is 0.0619 e. The first-order valence-electron chi connectivity index (χ1n) is 13.5. The SMILES string of the molecule is c1ccc(-n2c3ccccc3c3cc(-c4cc5c6c(cccc6c4)-c4ccccc4-5)c4ccccc4c32)cc1. The molecule has 0 radical (unpaired) electrons. The van der Waals surface area contributed by atoms with Crippen molar-refractivity contribution < 1.29 is 0 Å². The molecule has 0 aliphatic heterocycles. The highest BCUT2D eigenvalue weighted by molar-refractivity contribution is 6.23. The highest BCUT2D eigenvalue weighted by Crippen LogP contribution is 2.49. The Morgan fingerprint density at radius 3 is 1.90 bits per heavy atom. The summed E-state index contributed by atoms with van der Waals surface area (Å²) in [6.07, 6.45) is 0. The maximum atomic E-state index is 2.43. The van der Waals surface area contributed by atoms with Crippen LogP contribution in [0.15, 0.2) is 140 Å². The molecule has 7 aromatic carbocycles. The third kappa shape index (κ3) is 2.79. The summed E-state index contributed by atoms with van der Waals surface area (Å²) < 4.78 is 2.43. The van der Waals surface area contributed by atoms with E-state index < -0.39 is 0 Å². The summed E-state index contributed by atoms with van der Waals surface area (Å²) in [6, 6.07) is 51.2. The van der Waals surface area contributed by atoms with Crippen LogP contribution in [0.4, 0.5) is 0 Å². The van der Waals surface area contributed by atoms with Crippen LogP contribution in [0.3, 0.4) is 0 Å². The molecular formula is C38H23N. The van der Waals surface area contributed by atoms with Gasteiger partial charge >= 0.3 is 0 Å². The molecule has 1 aliphatic carbocycles. The zero-order valence-electron chi connectivity index (χ0n) is 21.2. The molecular weight excluding hydrogens is 470 g/mol. The maximum Gasteiger partial charge on any atom is 0.0619 e. The second-order valence-corrected chi connectivity index (χ2v) is 10.5. The number of hydrogen-bond donors (Lipinski definition) is 0. The Balaban J connectivity index is 1.43. The van der Waals surface area contributed by atoms with Crippen molar-refractivity contribution in [2.45, 2.75) is 0 Å². The Bertz CT molecular complexity index is 2270. The van der Waals surface area contributed by atoms with Crippen molar-refractivity contribution in [1.82, 2.24) is 4.57 Å². The van der Waals surface area contributed by atoms with E-state index in [4.69, 9.17) is 0 Å². The molecule has 1 heterocycles. The van der Waals surface area contributed by atoms with Crippen molar-refractivity contribution in [3.63, 3.8) is 0 Å². The lowest BCUT2D eigenvalue weighted by atomic mass is 9.91. The fraction of sp³-hybridized carbons (Fsp3) is 0. The van der Waals surface area contributed by atoms with Gasteiger partial charge in [-0.25, -0.2) is 0 Å². The van der Waals surface area contributed by atoms with Gasteiger partial charge < -0.3 is 4.57 Å². The number of hydrogen-bond acceptors (Lipinski definition) is 0. The van der Waals surface area contributed by atoms with E-state index in [-0.39, 0.29) is 0 Å². The minimum atomic E-state index is 1.18. The zero-order chi connectivity index (χ0) is 25.5. The van der Waals surface area contributed by atoms with Crippen molar-refractivity contribution >= 4 is 43.4 Å². The molecule has 0 bridgehead atoms. The van der Waals surface area contributed by atoms with Crippen LogP contribution in [-0.4, -0.2) is 4.57 Å². The molecule has 1 nitrogen and oxygen atoms in total. The summed E-state index contributed by atoms with van der Waals surface area (Å²) in [5.41, 5.74) is 11.6. The molecule has 0 saturated carbocycles. The maximum absolute atomic E-state index is 2.43. The van der Waals surface area contributed by atoms with Crippen LogP contribution in [0.25, 0.3) is 82.4 Å². The summed E-state index contributed by atoms with van der Waals surface area (Å²) in [6.45, 7) is 0. The van der Waals surface area contributed by atoms with E-state index in [2.05, 4.69) is 144 Å². The van der Waals surface area contributed by atoms with Gasteiger partial charge in [0, 0.05) is 21.8 Å². The van der Waals surface area contributed by atoms with Crippen molar-refractivity contribution in [2.75, 3.05) is 0 Å². The molecule has 8 aromatic rings. The van der Waals surface area contributed by atoms with Crippen LogP contribution in [0, 0.1) is 0 Å². The lowest BCUT2D eigenvalue weighted by Gasteiger charge is -2.14. The predicted molar refractivity (Wildman–Crippen MR) is 166 cm³/mol. The second kappa shape index (κ2) is 7.69. The number of benzene rings is 7. The van der Waals surface area contributed by atoms with Gasteiger partial charge in [0.15, 0.2) is 0 Å². The summed E-state index contributed by atoms with van der Waals surface area (Å²) >= 11 is 0. The number of aromatic nitrogens is 1. The molecule has 0 atom stereocenters. The summed E-state index contributed by atoms with van der Waals surface area (Å²) in [7, 11) is 0. The van der Waals surface area contributed by atoms with Gasteiger partial charge in [0.05, 0.1) is 11.0 Å². The number of nitrogens with zero attached hydrogens (tertiary/aromatic N) is 1. The molecule has 1 aliphatic rings. The quantitative estimate of drug-likeness (QED) is 0.226. The second-order valence-electron chi connectivity index (χ2n) is 10.5. The molecule has 0 spiro atoms. The summed E-state index contributed by atoms with van der Waals surface area (Å²) in [4.78, 5) is 0. The minimum absolute atomic E-state index is 1.18. The minimum Gasteiger partial charge on any atom is -0.309 e. The summed E-state index contributed by atoms with van der Waals surface area (Å²) in [5, 5.41) is 7.78. The molecule has 0 unspecified atom stereocenters. The van der Waals surface area contributed by atoms with E-state index in [1.807, 2.05) is 0 Å². The van der Waals surface area contributed by atoms with E-state index >= 15 is 0 Å². The lowest BCUT2D eigenvalue weighted by Crippen LogP contribution is -1.94. The molecule has 0 saturated heterocycles. The number of rotatable bonds is 2. The molecule has 9 rings (SSSR count). The third-order valence-corrected chi connectivity index (χ3v) is 8.48. The van der Waals surface area contributed by atoms with Gasteiger partial charge in [-0.05, 0) is 85.9 Å². The first-order valence-corrected chi connectivity index (χ1v) is 13.5. The highest BCUT2D eigenvalue weighted by Gasteiger charge is 2.23. The monoisotopic (exact) mass is 493 g/mol. The van der Waals surface area contributed by atoms with Crippen LogP contribution in [0.5, 0.6) is 0 Å². The Kier molecular flexibility index (Phi) is 4.11. The fourth-order valence-electron chi connectivity index (χ4n) is 6.88. The van der Waals surface area contributed by atoms with Crippen molar-refractivity contribution in [1.29, 1.82) is 0 Å². The van der Waals surface area contributed by atoms with Gasteiger partial charge in [0.2, 0.25) is 0 Å². The lowest BCUT2D eigenvalue weighted by molar-refractivity contribution is 1.19. The van der Waals surface area contributed by atoms with E-state index in [0.29, 0.717) is 0 Å². The molecule has 0 fully saturated rings.